The molecule has 0 unspecified atom stereocenters. The van der Waals surface area contributed by atoms with Crippen LogP contribution in [0.5, 0.6) is 11.5 Å². The lowest BCUT2D eigenvalue weighted by atomic mass is 9.88. The van der Waals surface area contributed by atoms with E-state index in [1.807, 2.05) is 338 Å². The van der Waals surface area contributed by atoms with Gasteiger partial charge in [-0.15, -0.1) is 5.10 Å². The quantitative estimate of drug-likeness (QED) is 0.0382. The summed E-state index contributed by atoms with van der Waals surface area (Å²) in [6.45, 7) is 10.9. The zero-order valence-electron chi connectivity index (χ0n) is 81.3. The van der Waals surface area contributed by atoms with Crippen molar-refractivity contribution < 1.29 is 13.9 Å². The highest BCUT2D eigenvalue weighted by molar-refractivity contribution is 7.72. The lowest BCUT2D eigenvalue weighted by Crippen LogP contribution is -2.18. The summed E-state index contributed by atoms with van der Waals surface area (Å²) in [6, 6.07) is 102. The van der Waals surface area contributed by atoms with E-state index in [4.69, 9.17) is 159 Å². The Morgan fingerprint density at radius 3 is 1.24 bits per heavy atom. The Bertz CT molecular complexity index is 8370. The lowest BCUT2D eigenvalue weighted by Gasteiger charge is -2.21. The third kappa shape index (κ3) is 29.2. The maximum Gasteiger partial charge on any atom is 0.284 e. The molecule has 9 N–H and O–H groups in total. The van der Waals surface area contributed by atoms with Crippen molar-refractivity contribution in [1.29, 1.82) is 0 Å². The molecule has 11 aromatic carbocycles. The first kappa shape index (κ1) is 109. The number of rotatable bonds is 17. The number of para-hydroxylation sites is 5. The molecule has 148 heavy (non-hydrogen) atoms. The molecule has 0 saturated heterocycles. The highest BCUT2D eigenvalue weighted by Crippen LogP contribution is 2.35. The Labute approximate surface area is 913 Å². The van der Waals surface area contributed by atoms with Crippen molar-refractivity contribution in [2.75, 3.05) is 14.2 Å². The summed E-state index contributed by atoms with van der Waals surface area (Å²) in [4.78, 5) is 4.31. The molecule has 0 atom stereocenters. The number of nitrogens with zero attached hydrogens (tertiary/aromatic N) is 18. The van der Waals surface area contributed by atoms with Crippen LogP contribution in [0.25, 0.3) is 91.1 Å². The van der Waals surface area contributed by atoms with E-state index in [1.54, 1.807) is 32.7 Å². The van der Waals surface area contributed by atoms with Crippen molar-refractivity contribution in [3.63, 3.8) is 0 Å². The molecular formula is C106H102Cl3N27O3S9. The zero-order valence-corrected chi connectivity index (χ0v) is 90.9. The number of aryl methyl sites for hydroxylation is 3. The van der Waals surface area contributed by atoms with Gasteiger partial charge in [-0.3, -0.25) is 77.7 Å². The molecule has 1 fully saturated rings. The summed E-state index contributed by atoms with van der Waals surface area (Å²) in [5.74, 6) is 9.50. The number of H-pyrrole nitrogens is 9. The predicted molar refractivity (Wildman–Crippen MR) is 607 cm³/mol. The van der Waals surface area contributed by atoms with E-state index in [-0.39, 0.29) is 5.41 Å². The minimum atomic E-state index is -0.0383. The second-order valence-corrected chi connectivity index (χ2v) is 38.4. The van der Waals surface area contributed by atoms with Gasteiger partial charge in [-0.1, -0.05) is 239 Å². The number of aromatic nitrogens is 27. The van der Waals surface area contributed by atoms with Gasteiger partial charge in [0, 0.05) is 103 Å². The van der Waals surface area contributed by atoms with Gasteiger partial charge in [0.1, 0.15) is 34.8 Å². The first-order valence-electron chi connectivity index (χ1n) is 46.3. The number of hydrogen-bond donors (Lipinski definition) is 9. The molecule has 10 heterocycles. The van der Waals surface area contributed by atoms with Gasteiger partial charge >= 0.3 is 0 Å². The van der Waals surface area contributed by atoms with E-state index in [0.29, 0.717) is 69.9 Å². The van der Waals surface area contributed by atoms with Gasteiger partial charge in [-0.25, -0.2) is 5.10 Å². The molecule has 0 aliphatic heterocycles. The summed E-state index contributed by atoms with van der Waals surface area (Å²) < 4.78 is 36.0. The topological polar surface area (TPSA) is 342 Å². The van der Waals surface area contributed by atoms with Gasteiger partial charge in [0.15, 0.2) is 61.5 Å². The molecule has 30 nitrogen and oxygen atoms in total. The number of nitrogens with one attached hydrogen (secondary N) is 9. The second-order valence-electron chi connectivity index (χ2n) is 33.6. The molecule has 1 saturated carbocycles. The number of pyridine rings is 1. The first-order valence-corrected chi connectivity index (χ1v) is 51.1. The first-order chi connectivity index (χ1) is 71.7. The molecule has 10 aromatic heterocycles. The smallest absolute Gasteiger partial charge is 0.284 e. The van der Waals surface area contributed by atoms with Crippen LogP contribution in [0.4, 0.5) is 0 Å². The molecule has 754 valence electrons. The Balaban J connectivity index is 0.000000133. The van der Waals surface area contributed by atoms with Crippen LogP contribution in [-0.4, -0.2) is 148 Å². The number of aromatic amines is 9. The van der Waals surface area contributed by atoms with Crippen molar-refractivity contribution >= 4 is 145 Å². The molecule has 0 bridgehead atoms. The lowest BCUT2D eigenvalue weighted by molar-refractivity contribution is 0.414. The van der Waals surface area contributed by atoms with Crippen LogP contribution >= 0.6 is 145 Å². The SMILES string of the molecule is CC(C)(C)c1n[nH]c(=S)n1-c1ccccc1.COc1ccc(-n2c(-c3ccccc3)n[nH]c2=S)cc1.COc1ccccc1-c1n[nH]c(=S)n1-c1ccccc1.Cc1n[nH]c(=S)n1-c1ccc(Cl)cc1.Cc1n[nH]c(=S)n1C.S=c1[nH]nc(-c2cc(Cl)cc(Cl)c2)n1CCc1ccccc1.S=c1[nH]nc(-c2ccccc2)o1.S=c1[nH]nc(-c2ccncc2)n1-c1ccccc1.S=c1[nH]nc(C2CCCCC2)n1-c1ccccc1. The van der Waals surface area contributed by atoms with Gasteiger partial charge in [-0.2, -0.15) is 40.8 Å². The summed E-state index contributed by atoms with van der Waals surface area (Å²) >= 11 is 64.5. The zero-order chi connectivity index (χ0) is 105. The van der Waals surface area contributed by atoms with Crippen LogP contribution in [0.1, 0.15) is 87.7 Å². The summed E-state index contributed by atoms with van der Waals surface area (Å²) in [5, 5.41) is 64.8. The van der Waals surface area contributed by atoms with Gasteiger partial charge < -0.3 is 18.5 Å². The van der Waals surface area contributed by atoms with Crippen molar-refractivity contribution in [3.05, 3.63) is 415 Å². The largest absolute Gasteiger partial charge is 0.497 e. The third-order valence-corrected chi connectivity index (χ3v) is 25.8. The fourth-order valence-electron chi connectivity index (χ4n) is 15.3. The van der Waals surface area contributed by atoms with Crippen LogP contribution in [0.2, 0.25) is 15.1 Å². The van der Waals surface area contributed by atoms with Crippen LogP contribution in [-0.2, 0) is 25.4 Å². The normalized spacial score (nSPS) is 11.3. The summed E-state index contributed by atoms with van der Waals surface area (Å²) in [5.41, 5.74) is 11.9. The standard InChI is InChI=1S/C16H13Cl2N3S.2C15H13N3OS.C14H17N3S.C13H10N4S.C12H15N3S.C9H8ClN3S.C8H6N2OS.C4H7N3S/c17-13-8-12(9-14(18)10-13)15-19-20-16(22)21(15)7-6-11-4-2-1-3-5-11;1-19-13-10-6-5-9-12(13)14-16-17-15(20)18(14)11-7-3-2-4-8-11;1-19-13-9-7-12(8-10-13)18-14(16-17-15(18)20)11-5-3-2-4-6-11;18-14-16-15-13(11-7-3-1-4-8-11)17(14)12-9-5-2-6-10-12;18-13-16-15-12(10-6-8-14-9-7-10)17(13)11-4-2-1-3-5-11;1-12(2,3)10-13-14-11(16)15(10)9-7-5-4-6-8-9;1-6-11-12-9(14)13(6)8-4-2-7(10)3-5-8;12-8-10-9-7(11-8)6-4-2-1-3-5-6;1-3-5-6-4(8)7(3)2/h1-5,8-10H,6-7H2,(H,20,22);2*2-10H,1H3,(H,17,20);2,5-6,9-11H,1,3-4,7-8H2,(H,16,18);1-9H,(H,16,18);4-8H,1-3H3,(H,14,16);2-5H,1H3,(H,12,14);1-5H,(H,10,12);1-2H3,(H,6,8). The van der Waals surface area contributed by atoms with Gasteiger partial charge in [-0.05, 0) is 300 Å². The Morgan fingerprint density at radius 2 is 0.757 bits per heavy atom. The maximum atomic E-state index is 6.07. The maximum absolute atomic E-state index is 6.07. The van der Waals surface area contributed by atoms with Gasteiger partial charge in [0.2, 0.25) is 5.89 Å². The van der Waals surface area contributed by atoms with E-state index >= 15 is 0 Å². The predicted octanol–water partition coefficient (Wildman–Crippen LogP) is 28.6. The van der Waals surface area contributed by atoms with Crippen LogP contribution in [0.15, 0.2) is 332 Å². The van der Waals surface area contributed by atoms with E-state index in [2.05, 4.69) is 146 Å². The van der Waals surface area contributed by atoms with E-state index < -0.39 is 0 Å². The van der Waals surface area contributed by atoms with Crippen LogP contribution < -0.4 is 9.47 Å². The number of benzene rings is 11. The Kier molecular flexibility index (Phi) is 39.5. The Hall–Kier alpha value is -14.7. The number of halogens is 3. The monoisotopic (exact) mass is 2190 g/mol. The fraction of sp³-hybridized carbons (Fsp3) is 0.160. The third-order valence-electron chi connectivity index (χ3n) is 22.6. The molecule has 22 rings (SSSR count). The Morgan fingerprint density at radius 1 is 0.351 bits per heavy atom. The molecule has 21 aromatic rings. The molecule has 0 radical (unpaired) electrons. The van der Waals surface area contributed by atoms with E-state index in [0.717, 1.165) is 133 Å². The molecule has 0 spiro atoms. The van der Waals surface area contributed by atoms with Crippen LogP contribution in [0, 0.1) is 56.9 Å². The minimum Gasteiger partial charge on any atom is -0.497 e. The van der Waals surface area contributed by atoms with Crippen molar-refractivity contribution in [1.82, 2.24) is 133 Å². The minimum absolute atomic E-state index is 0.0383. The fourth-order valence-corrected chi connectivity index (χ4v) is 18.0. The molecule has 1 aliphatic carbocycles. The second kappa shape index (κ2) is 53.6. The number of hydrogen-bond acceptors (Lipinski definition) is 22. The van der Waals surface area contributed by atoms with Crippen LogP contribution in [0.3, 0.4) is 0 Å². The number of methoxy groups -OCH3 is 2. The van der Waals surface area contributed by atoms with Gasteiger partial charge in [0.25, 0.3) is 4.84 Å². The number of ether oxygens (including phenoxy) is 2. The highest BCUT2D eigenvalue weighted by atomic mass is 35.5. The van der Waals surface area contributed by atoms with E-state index in [9.17, 15) is 0 Å². The summed E-state index contributed by atoms with van der Waals surface area (Å²) in [6.07, 6.45) is 10.8. The molecule has 1 aliphatic rings. The van der Waals surface area contributed by atoms with Crippen molar-refractivity contribution in [3.8, 4) is 103 Å². The van der Waals surface area contributed by atoms with Gasteiger partial charge in [0.05, 0.1) is 25.5 Å². The molecule has 0 amide bonds. The van der Waals surface area contributed by atoms with Crippen molar-refractivity contribution in [2.24, 2.45) is 7.05 Å². The molecule has 42 heteroatoms. The highest BCUT2D eigenvalue weighted by Gasteiger charge is 2.25. The average molecular weight is 2200 g/mol. The average Bonchev–Trinajstić information content (AvgIpc) is 1.67. The van der Waals surface area contributed by atoms with E-state index in [1.165, 1.54) is 37.7 Å². The van der Waals surface area contributed by atoms with Crippen molar-refractivity contribution in [2.45, 2.75) is 91.0 Å². The summed E-state index contributed by atoms with van der Waals surface area (Å²) in [7, 11) is 5.17. The molecular weight excluding hydrogens is 2090 g/mol.